The van der Waals surface area contributed by atoms with Crippen molar-refractivity contribution in [2.45, 2.75) is 20.0 Å². The minimum absolute atomic E-state index is 0.0902. The van der Waals surface area contributed by atoms with E-state index < -0.39 is 0 Å². The summed E-state index contributed by atoms with van der Waals surface area (Å²) < 4.78 is 5.03. The van der Waals surface area contributed by atoms with Crippen molar-refractivity contribution in [1.82, 2.24) is 24.5 Å². The van der Waals surface area contributed by atoms with Gasteiger partial charge in [-0.2, -0.15) is 10.2 Å². The van der Waals surface area contributed by atoms with Crippen LogP contribution in [-0.4, -0.2) is 37.4 Å². The summed E-state index contributed by atoms with van der Waals surface area (Å²) in [5.41, 5.74) is 1.51. The van der Waals surface area contributed by atoms with Crippen LogP contribution in [0.25, 0.3) is 0 Å². The molecule has 108 valence electrons. The van der Waals surface area contributed by atoms with Gasteiger partial charge in [0.15, 0.2) is 0 Å². The second-order valence-electron chi connectivity index (χ2n) is 4.38. The van der Waals surface area contributed by atoms with E-state index in [4.69, 9.17) is 0 Å². The molecule has 0 bridgehead atoms. The molecule has 2 rings (SSSR count). The molecule has 6 nitrogen and oxygen atoms in total. The maximum absolute atomic E-state index is 12.5. The van der Waals surface area contributed by atoms with Crippen LogP contribution >= 0.6 is 31.9 Å². The number of hydrogen-bond donors (Lipinski definition) is 0. The van der Waals surface area contributed by atoms with Crippen LogP contribution in [0.3, 0.4) is 0 Å². The molecular weight excluding hydrogens is 390 g/mol. The molecule has 0 saturated carbocycles. The molecule has 2 heterocycles. The van der Waals surface area contributed by atoms with E-state index in [1.807, 2.05) is 11.6 Å². The Balaban J connectivity index is 2.22. The Morgan fingerprint density at radius 2 is 1.95 bits per heavy atom. The van der Waals surface area contributed by atoms with Gasteiger partial charge in [0, 0.05) is 20.6 Å². The van der Waals surface area contributed by atoms with Crippen LogP contribution in [0, 0.1) is 0 Å². The summed E-state index contributed by atoms with van der Waals surface area (Å²) in [7, 11) is 3.51. The van der Waals surface area contributed by atoms with Crippen LogP contribution in [0.1, 0.15) is 23.1 Å². The molecule has 0 fully saturated rings. The minimum atomic E-state index is -0.0902. The Kier molecular flexibility index (Phi) is 4.64. The lowest BCUT2D eigenvalue weighted by Crippen LogP contribution is -2.29. The van der Waals surface area contributed by atoms with E-state index >= 15 is 0 Å². The second kappa shape index (κ2) is 6.09. The number of carbonyl (C=O) groups is 1. The molecule has 0 aliphatic heterocycles. The number of nitrogens with zero attached hydrogens (tertiary/aromatic N) is 5. The van der Waals surface area contributed by atoms with E-state index in [0.29, 0.717) is 16.7 Å². The lowest BCUT2D eigenvalue weighted by atomic mass is 10.3. The highest BCUT2D eigenvalue weighted by atomic mass is 79.9. The van der Waals surface area contributed by atoms with Crippen LogP contribution in [-0.2, 0) is 20.1 Å². The molecule has 0 N–H and O–H groups in total. The molecule has 0 atom stereocenters. The zero-order valence-corrected chi connectivity index (χ0v) is 14.6. The molecule has 20 heavy (non-hydrogen) atoms. The largest absolute Gasteiger partial charge is 0.334 e. The predicted octanol–water partition coefficient (Wildman–Crippen LogP) is 2.43. The third-order valence-electron chi connectivity index (χ3n) is 3.03. The molecule has 0 radical (unpaired) electrons. The molecule has 0 saturated heterocycles. The fraction of sp³-hybridized carbons (Fsp3) is 0.417. The molecule has 1 amide bonds. The van der Waals surface area contributed by atoms with Crippen molar-refractivity contribution in [2.24, 2.45) is 7.05 Å². The van der Waals surface area contributed by atoms with Gasteiger partial charge in [-0.05, 0) is 38.8 Å². The van der Waals surface area contributed by atoms with Crippen LogP contribution in [0.5, 0.6) is 0 Å². The normalized spacial score (nSPS) is 10.8. The van der Waals surface area contributed by atoms with Crippen molar-refractivity contribution in [3.8, 4) is 0 Å². The van der Waals surface area contributed by atoms with Crippen molar-refractivity contribution in [3.05, 3.63) is 32.7 Å². The first-order chi connectivity index (χ1) is 9.45. The van der Waals surface area contributed by atoms with Crippen molar-refractivity contribution in [3.63, 3.8) is 0 Å². The first-order valence-corrected chi connectivity index (χ1v) is 7.67. The molecule has 2 aromatic rings. The molecule has 0 unspecified atom stereocenters. The van der Waals surface area contributed by atoms with Crippen LogP contribution in [0.2, 0.25) is 0 Å². The van der Waals surface area contributed by atoms with Gasteiger partial charge in [-0.3, -0.25) is 14.2 Å². The highest BCUT2D eigenvalue weighted by Gasteiger charge is 2.21. The minimum Gasteiger partial charge on any atom is -0.334 e. The third kappa shape index (κ3) is 2.80. The van der Waals surface area contributed by atoms with E-state index in [0.717, 1.165) is 16.7 Å². The van der Waals surface area contributed by atoms with E-state index in [1.165, 1.54) is 0 Å². The highest BCUT2D eigenvalue weighted by molar-refractivity contribution is 9.10. The van der Waals surface area contributed by atoms with E-state index in [2.05, 4.69) is 42.1 Å². The third-order valence-corrected chi connectivity index (χ3v) is 4.27. The Morgan fingerprint density at radius 1 is 1.30 bits per heavy atom. The fourth-order valence-electron chi connectivity index (χ4n) is 1.95. The number of hydrogen-bond acceptors (Lipinski definition) is 3. The van der Waals surface area contributed by atoms with Gasteiger partial charge in [-0.25, -0.2) is 0 Å². The molecular formula is C12H15Br2N5O. The van der Waals surface area contributed by atoms with Gasteiger partial charge in [-0.15, -0.1) is 0 Å². The van der Waals surface area contributed by atoms with Gasteiger partial charge >= 0.3 is 0 Å². The Labute approximate surface area is 134 Å². The Morgan fingerprint density at radius 3 is 2.50 bits per heavy atom. The summed E-state index contributed by atoms with van der Waals surface area (Å²) in [6, 6.07) is 0. The summed E-state index contributed by atoms with van der Waals surface area (Å²) in [6.07, 6.45) is 3.37. The molecule has 8 heteroatoms. The quantitative estimate of drug-likeness (QED) is 0.786. The van der Waals surface area contributed by atoms with Crippen LogP contribution < -0.4 is 0 Å². The average molecular weight is 405 g/mol. The van der Waals surface area contributed by atoms with Crippen LogP contribution in [0.4, 0.5) is 0 Å². The van der Waals surface area contributed by atoms with Gasteiger partial charge < -0.3 is 4.90 Å². The predicted molar refractivity (Wildman–Crippen MR) is 82.3 cm³/mol. The molecule has 0 aliphatic rings. The highest BCUT2D eigenvalue weighted by Crippen LogP contribution is 2.21. The van der Waals surface area contributed by atoms with E-state index in [1.54, 1.807) is 36.1 Å². The smallest absolute Gasteiger partial charge is 0.273 e. The topological polar surface area (TPSA) is 56.0 Å². The van der Waals surface area contributed by atoms with Crippen molar-refractivity contribution in [1.29, 1.82) is 0 Å². The van der Waals surface area contributed by atoms with Crippen molar-refractivity contribution >= 4 is 37.8 Å². The van der Waals surface area contributed by atoms with Crippen LogP contribution in [0.15, 0.2) is 21.3 Å². The van der Waals surface area contributed by atoms with Crippen molar-refractivity contribution in [2.75, 3.05) is 7.05 Å². The Hall–Kier alpha value is -1.15. The average Bonchev–Trinajstić information content (AvgIpc) is 2.93. The standard InChI is InChI=1S/C12H15Br2N5O/c1-4-19-10(8(13)5-16-19)7-17(2)12(20)11-9(14)6-15-18(11)3/h5-6H,4,7H2,1-3H3. The number of aryl methyl sites for hydroxylation is 2. The number of aromatic nitrogens is 4. The lowest BCUT2D eigenvalue weighted by molar-refractivity contribution is 0.0769. The van der Waals surface area contributed by atoms with Gasteiger partial charge in [0.2, 0.25) is 0 Å². The number of carbonyl (C=O) groups excluding carboxylic acids is 1. The Bertz CT molecular complexity index is 614. The number of amides is 1. The van der Waals surface area contributed by atoms with Crippen molar-refractivity contribution < 1.29 is 4.79 Å². The van der Waals surface area contributed by atoms with E-state index in [9.17, 15) is 4.79 Å². The first kappa shape index (κ1) is 15.2. The van der Waals surface area contributed by atoms with Gasteiger partial charge in [-0.1, -0.05) is 0 Å². The summed E-state index contributed by atoms with van der Waals surface area (Å²) in [5, 5.41) is 8.31. The zero-order chi connectivity index (χ0) is 14.9. The van der Waals surface area contributed by atoms with Gasteiger partial charge in [0.05, 0.1) is 33.6 Å². The SMILES string of the molecule is CCn1ncc(Br)c1CN(C)C(=O)c1c(Br)cnn1C. The summed E-state index contributed by atoms with van der Waals surface area (Å²) in [5.74, 6) is -0.0902. The maximum Gasteiger partial charge on any atom is 0.273 e. The molecule has 0 aromatic carbocycles. The first-order valence-electron chi connectivity index (χ1n) is 6.08. The molecule has 0 spiro atoms. The number of halogens is 2. The monoisotopic (exact) mass is 403 g/mol. The summed E-state index contributed by atoms with van der Waals surface area (Å²) in [4.78, 5) is 14.1. The number of rotatable bonds is 4. The summed E-state index contributed by atoms with van der Waals surface area (Å²) >= 11 is 6.81. The molecule has 0 aliphatic carbocycles. The zero-order valence-electron chi connectivity index (χ0n) is 11.5. The maximum atomic E-state index is 12.5. The lowest BCUT2D eigenvalue weighted by Gasteiger charge is -2.18. The fourth-order valence-corrected chi connectivity index (χ4v) is 2.89. The second-order valence-corrected chi connectivity index (χ2v) is 6.09. The van der Waals surface area contributed by atoms with Gasteiger partial charge in [0.1, 0.15) is 5.69 Å². The summed E-state index contributed by atoms with van der Waals surface area (Å²) in [6.45, 7) is 3.26. The van der Waals surface area contributed by atoms with Gasteiger partial charge in [0.25, 0.3) is 5.91 Å². The van der Waals surface area contributed by atoms with E-state index in [-0.39, 0.29) is 5.91 Å². The molecule has 2 aromatic heterocycles.